The molecule has 0 aliphatic rings. The van der Waals surface area contributed by atoms with Crippen LogP contribution in [0.15, 0.2) is 199 Å². The SMILES string of the molecule is c1ccc(-c2cc(-c3cccc(-n4c5ccccc5c5c6c7ccccc7oc6c6c(c7ccccc7n6-c6ccccc6)c54)c3)nc(-c3ccccc3)n2)cc1. The molecule has 5 nitrogen and oxygen atoms in total. The third-order valence-electron chi connectivity index (χ3n) is 11.3. The minimum atomic E-state index is 0.693. The number of hydrogen-bond acceptors (Lipinski definition) is 3. The quantitative estimate of drug-likeness (QED) is 0.177. The second-order valence-corrected chi connectivity index (χ2v) is 14.5. The molecule has 0 spiro atoms. The van der Waals surface area contributed by atoms with Gasteiger partial charge in [0.2, 0.25) is 0 Å². The van der Waals surface area contributed by atoms with E-state index in [1.807, 2.05) is 24.3 Å². The van der Waals surface area contributed by atoms with Crippen LogP contribution in [0, 0.1) is 0 Å². The number of furan rings is 1. The van der Waals surface area contributed by atoms with Crippen molar-refractivity contribution in [3.8, 4) is 45.3 Å². The molecule has 0 aliphatic carbocycles. The number of nitrogens with zero attached hydrogens (tertiary/aromatic N) is 4. The molecule has 266 valence electrons. The van der Waals surface area contributed by atoms with Gasteiger partial charge in [-0.1, -0.05) is 146 Å². The first-order valence-electron chi connectivity index (χ1n) is 19.3. The Morgan fingerprint density at radius 1 is 0.368 bits per heavy atom. The van der Waals surface area contributed by atoms with E-state index >= 15 is 0 Å². The lowest BCUT2D eigenvalue weighted by molar-refractivity contribution is 0.671. The minimum absolute atomic E-state index is 0.693. The van der Waals surface area contributed by atoms with Gasteiger partial charge in [-0.25, -0.2) is 9.97 Å². The molecule has 0 fully saturated rings. The van der Waals surface area contributed by atoms with E-state index in [-0.39, 0.29) is 0 Å². The van der Waals surface area contributed by atoms with Crippen LogP contribution in [0.4, 0.5) is 0 Å². The lowest BCUT2D eigenvalue weighted by Gasteiger charge is -2.13. The van der Waals surface area contributed by atoms with E-state index in [2.05, 4.69) is 179 Å². The van der Waals surface area contributed by atoms with Gasteiger partial charge in [-0.2, -0.15) is 0 Å². The second kappa shape index (κ2) is 12.4. The zero-order valence-corrected chi connectivity index (χ0v) is 30.7. The van der Waals surface area contributed by atoms with Gasteiger partial charge in [0.05, 0.1) is 33.5 Å². The van der Waals surface area contributed by atoms with Crippen LogP contribution in [-0.2, 0) is 0 Å². The molecule has 57 heavy (non-hydrogen) atoms. The molecule has 0 N–H and O–H groups in total. The van der Waals surface area contributed by atoms with E-state index < -0.39 is 0 Å². The Kier molecular flexibility index (Phi) is 6.86. The van der Waals surface area contributed by atoms with Crippen LogP contribution in [0.1, 0.15) is 0 Å². The van der Waals surface area contributed by atoms with Gasteiger partial charge in [-0.3, -0.25) is 0 Å². The van der Waals surface area contributed by atoms with Gasteiger partial charge in [-0.15, -0.1) is 0 Å². The largest absolute Gasteiger partial charge is 0.454 e. The summed E-state index contributed by atoms with van der Waals surface area (Å²) in [6.45, 7) is 0. The average Bonchev–Trinajstić information content (AvgIpc) is 3.95. The van der Waals surface area contributed by atoms with E-state index in [1.54, 1.807) is 0 Å². The van der Waals surface area contributed by atoms with Crippen LogP contribution < -0.4 is 0 Å². The maximum atomic E-state index is 6.96. The third kappa shape index (κ3) is 4.76. The molecule has 4 aromatic heterocycles. The Balaban J connectivity index is 1.22. The molecule has 12 aromatic rings. The predicted molar refractivity (Wildman–Crippen MR) is 234 cm³/mol. The Bertz CT molecular complexity index is 3450. The standard InChI is InChI=1S/C52H32N4O/c1-4-17-33(18-5-1)41-32-42(54-52(53-41)34-19-6-2-7-20-34)35-21-16-24-37(31-35)56-43-28-13-10-25-38(43)46-47-40-27-12-15-30-45(40)57-51(47)50-48(49(46)56)39-26-11-14-29-44(39)55(50)36-22-8-3-9-23-36/h1-32H. The summed E-state index contributed by atoms with van der Waals surface area (Å²) in [7, 11) is 0. The summed E-state index contributed by atoms with van der Waals surface area (Å²) < 4.78 is 11.8. The Labute approximate surface area is 327 Å². The molecule has 0 saturated heterocycles. The molecule has 0 amide bonds. The second-order valence-electron chi connectivity index (χ2n) is 14.5. The van der Waals surface area contributed by atoms with Crippen molar-refractivity contribution in [2.75, 3.05) is 0 Å². The zero-order chi connectivity index (χ0) is 37.5. The fraction of sp³-hybridized carbons (Fsp3) is 0. The van der Waals surface area contributed by atoms with Crippen molar-refractivity contribution in [2.24, 2.45) is 0 Å². The molecule has 0 unspecified atom stereocenters. The van der Waals surface area contributed by atoms with Crippen LogP contribution in [-0.4, -0.2) is 19.1 Å². The highest BCUT2D eigenvalue weighted by Gasteiger charge is 2.27. The maximum absolute atomic E-state index is 6.96. The van der Waals surface area contributed by atoms with Gasteiger partial charge in [0.25, 0.3) is 0 Å². The highest BCUT2D eigenvalue weighted by atomic mass is 16.3. The number of aromatic nitrogens is 4. The number of para-hydroxylation sites is 4. The van der Waals surface area contributed by atoms with Gasteiger partial charge in [0.15, 0.2) is 11.4 Å². The van der Waals surface area contributed by atoms with E-state index in [0.717, 1.165) is 88.8 Å². The summed E-state index contributed by atoms with van der Waals surface area (Å²) in [6.07, 6.45) is 0. The van der Waals surface area contributed by atoms with Crippen molar-refractivity contribution < 1.29 is 4.42 Å². The van der Waals surface area contributed by atoms with Crippen LogP contribution in [0.5, 0.6) is 0 Å². The normalized spacial score (nSPS) is 11.9. The topological polar surface area (TPSA) is 48.8 Å². The molecule has 0 radical (unpaired) electrons. The van der Waals surface area contributed by atoms with Gasteiger partial charge in [-0.05, 0) is 48.5 Å². The molecule has 0 atom stereocenters. The molecule has 0 aliphatic heterocycles. The monoisotopic (exact) mass is 728 g/mol. The van der Waals surface area contributed by atoms with Crippen LogP contribution in [0.3, 0.4) is 0 Å². The molecule has 0 bridgehead atoms. The smallest absolute Gasteiger partial charge is 0.160 e. The number of benzene rings is 8. The van der Waals surface area contributed by atoms with Gasteiger partial charge < -0.3 is 13.6 Å². The molecular weight excluding hydrogens is 697 g/mol. The number of fused-ring (bicyclic) bond motifs is 12. The van der Waals surface area contributed by atoms with E-state index in [0.29, 0.717) is 5.82 Å². The first kappa shape index (κ1) is 31.6. The maximum Gasteiger partial charge on any atom is 0.160 e. The predicted octanol–water partition coefficient (Wildman–Crippen LogP) is 13.6. The number of rotatable bonds is 5. The lowest BCUT2D eigenvalue weighted by Crippen LogP contribution is -1.98. The molecule has 4 heterocycles. The molecule has 5 heteroatoms. The fourth-order valence-corrected chi connectivity index (χ4v) is 8.87. The highest BCUT2D eigenvalue weighted by molar-refractivity contribution is 6.39. The van der Waals surface area contributed by atoms with Gasteiger partial charge >= 0.3 is 0 Å². The lowest BCUT2D eigenvalue weighted by atomic mass is 10.0. The number of hydrogen-bond donors (Lipinski definition) is 0. The van der Waals surface area contributed by atoms with Crippen LogP contribution in [0.25, 0.3) is 111 Å². The van der Waals surface area contributed by atoms with Crippen molar-refractivity contribution >= 4 is 65.6 Å². The summed E-state index contributed by atoms with van der Waals surface area (Å²) in [5.74, 6) is 0.693. The first-order chi connectivity index (χ1) is 28.3. The summed E-state index contributed by atoms with van der Waals surface area (Å²) in [5, 5.41) is 6.89. The average molecular weight is 729 g/mol. The molecule has 0 saturated carbocycles. The Hall–Kier alpha value is -7.76. The fourth-order valence-electron chi connectivity index (χ4n) is 8.87. The minimum Gasteiger partial charge on any atom is -0.454 e. The van der Waals surface area contributed by atoms with Crippen molar-refractivity contribution in [1.29, 1.82) is 0 Å². The molecule has 12 rings (SSSR count). The first-order valence-corrected chi connectivity index (χ1v) is 19.3. The van der Waals surface area contributed by atoms with Crippen molar-refractivity contribution in [1.82, 2.24) is 19.1 Å². The van der Waals surface area contributed by atoms with E-state index in [4.69, 9.17) is 14.4 Å². The summed E-state index contributed by atoms with van der Waals surface area (Å²) in [5.41, 5.74) is 13.1. The Morgan fingerprint density at radius 3 is 1.61 bits per heavy atom. The zero-order valence-electron chi connectivity index (χ0n) is 30.7. The van der Waals surface area contributed by atoms with Crippen molar-refractivity contribution in [3.05, 3.63) is 194 Å². The molecular formula is C52H32N4O. The van der Waals surface area contributed by atoms with Crippen LogP contribution >= 0.6 is 0 Å². The van der Waals surface area contributed by atoms with E-state index in [1.165, 1.54) is 16.2 Å². The summed E-state index contributed by atoms with van der Waals surface area (Å²) in [6, 6.07) is 68.1. The van der Waals surface area contributed by atoms with Gasteiger partial charge in [0.1, 0.15) is 5.58 Å². The highest BCUT2D eigenvalue weighted by Crippen LogP contribution is 2.49. The Morgan fingerprint density at radius 2 is 0.895 bits per heavy atom. The van der Waals surface area contributed by atoms with Crippen molar-refractivity contribution in [2.45, 2.75) is 0 Å². The molecule has 8 aromatic carbocycles. The van der Waals surface area contributed by atoms with Crippen LogP contribution in [0.2, 0.25) is 0 Å². The van der Waals surface area contributed by atoms with Crippen molar-refractivity contribution in [3.63, 3.8) is 0 Å². The van der Waals surface area contributed by atoms with E-state index in [9.17, 15) is 0 Å². The summed E-state index contributed by atoms with van der Waals surface area (Å²) >= 11 is 0. The third-order valence-corrected chi connectivity index (χ3v) is 11.3. The summed E-state index contributed by atoms with van der Waals surface area (Å²) in [4.78, 5) is 10.3. The van der Waals surface area contributed by atoms with Gasteiger partial charge in [0, 0.05) is 60.4 Å².